The molecule has 0 atom stereocenters. The number of hydrogen-bond acceptors (Lipinski definition) is 7. The van der Waals surface area contributed by atoms with Gasteiger partial charge in [0.25, 0.3) is 0 Å². The molecule has 0 N–H and O–H groups in total. The second kappa shape index (κ2) is 11.9. The van der Waals surface area contributed by atoms with Crippen molar-refractivity contribution < 1.29 is 23.7 Å². The SMILES string of the molecule is COC(=O)c1ccc(N2CCN(Cc3cc4c(cc3-c3ccc(Cl)cc3)OCO4)CC2)cc1Oc1ccccc1Cl. The number of rotatable bonds is 7. The average molecular weight is 591 g/mol. The van der Waals surface area contributed by atoms with Crippen molar-refractivity contribution in [2.45, 2.75) is 6.54 Å². The van der Waals surface area contributed by atoms with Gasteiger partial charge in [0, 0.05) is 49.5 Å². The molecule has 4 aromatic rings. The summed E-state index contributed by atoms with van der Waals surface area (Å²) in [6, 6.07) is 24.7. The van der Waals surface area contributed by atoms with Crippen LogP contribution < -0.4 is 19.1 Å². The Morgan fingerprint density at radius 3 is 2.32 bits per heavy atom. The lowest BCUT2D eigenvalue weighted by molar-refractivity contribution is 0.0598. The Hall–Kier alpha value is -3.91. The van der Waals surface area contributed by atoms with Crippen LogP contribution in [-0.4, -0.2) is 51.0 Å². The molecule has 6 rings (SSSR count). The second-order valence-electron chi connectivity index (χ2n) is 9.84. The molecule has 41 heavy (non-hydrogen) atoms. The van der Waals surface area contributed by atoms with E-state index in [9.17, 15) is 4.79 Å². The maximum Gasteiger partial charge on any atom is 0.341 e. The first-order chi connectivity index (χ1) is 20.0. The van der Waals surface area contributed by atoms with E-state index in [4.69, 9.17) is 42.1 Å². The molecule has 1 saturated heterocycles. The molecule has 9 heteroatoms. The third-order valence-electron chi connectivity index (χ3n) is 7.31. The van der Waals surface area contributed by atoms with Gasteiger partial charge < -0.3 is 23.8 Å². The molecular formula is C32H28Cl2N2O5. The normalized spacial score (nSPS) is 14.7. The number of carbonyl (C=O) groups excluding carboxylic acids is 1. The number of methoxy groups -OCH3 is 1. The van der Waals surface area contributed by atoms with E-state index < -0.39 is 5.97 Å². The van der Waals surface area contributed by atoms with Crippen LogP contribution in [0.25, 0.3) is 11.1 Å². The van der Waals surface area contributed by atoms with Crippen LogP contribution in [0.15, 0.2) is 78.9 Å². The first-order valence-electron chi connectivity index (χ1n) is 13.3. The number of para-hydroxylation sites is 1. The summed E-state index contributed by atoms with van der Waals surface area (Å²) in [5, 5.41) is 1.16. The Kier molecular flexibility index (Phi) is 7.92. The van der Waals surface area contributed by atoms with Gasteiger partial charge >= 0.3 is 5.97 Å². The summed E-state index contributed by atoms with van der Waals surface area (Å²) < 4.78 is 22.4. The van der Waals surface area contributed by atoms with E-state index in [0.717, 1.165) is 61.0 Å². The van der Waals surface area contributed by atoms with Crippen LogP contribution in [0.3, 0.4) is 0 Å². The summed E-state index contributed by atoms with van der Waals surface area (Å²) in [5.74, 6) is 1.94. The lowest BCUT2D eigenvalue weighted by atomic mass is 9.98. The molecule has 0 saturated carbocycles. The van der Waals surface area contributed by atoms with Gasteiger partial charge in [-0.15, -0.1) is 0 Å². The Morgan fingerprint density at radius 1 is 0.854 bits per heavy atom. The maximum atomic E-state index is 12.5. The van der Waals surface area contributed by atoms with E-state index in [1.807, 2.05) is 48.5 Å². The molecule has 2 heterocycles. The highest BCUT2D eigenvalue weighted by molar-refractivity contribution is 6.32. The van der Waals surface area contributed by atoms with Crippen molar-refractivity contribution in [3.8, 4) is 34.1 Å². The fourth-order valence-electron chi connectivity index (χ4n) is 5.13. The van der Waals surface area contributed by atoms with Crippen molar-refractivity contribution in [1.29, 1.82) is 0 Å². The molecule has 7 nitrogen and oxygen atoms in total. The first-order valence-corrected chi connectivity index (χ1v) is 14.0. The molecule has 0 aliphatic carbocycles. The zero-order chi connectivity index (χ0) is 28.3. The standard InChI is InChI=1S/C32H28Cl2N2O5/c1-38-32(37)25-11-10-24(17-29(25)41-28-5-3-2-4-27(28)34)36-14-12-35(13-15-36)19-22-16-30-31(40-20-39-30)18-26(22)21-6-8-23(33)9-7-21/h2-11,16-18H,12-15,19-20H2,1H3. The zero-order valence-electron chi connectivity index (χ0n) is 22.4. The van der Waals surface area contributed by atoms with Crippen molar-refractivity contribution in [3.63, 3.8) is 0 Å². The number of anilines is 1. The molecule has 0 spiro atoms. The van der Waals surface area contributed by atoms with Crippen molar-refractivity contribution >= 4 is 34.9 Å². The zero-order valence-corrected chi connectivity index (χ0v) is 24.0. The number of carbonyl (C=O) groups is 1. The highest BCUT2D eigenvalue weighted by Crippen LogP contribution is 2.40. The highest BCUT2D eigenvalue weighted by Gasteiger charge is 2.24. The van der Waals surface area contributed by atoms with Gasteiger partial charge in [-0.1, -0.05) is 47.5 Å². The monoisotopic (exact) mass is 590 g/mol. The number of fused-ring (bicyclic) bond motifs is 1. The Bertz CT molecular complexity index is 1570. The molecule has 210 valence electrons. The number of ether oxygens (including phenoxy) is 4. The summed E-state index contributed by atoms with van der Waals surface area (Å²) in [5.41, 5.74) is 4.66. The molecule has 0 radical (unpaired) electrons. The number of piperazine rings is 1. The molecule has 0 amide bonds. The van der Waals surface area contributed by atoms with Gasteiger partial charge in [-0.3, -0.25) is 4.90 Å². The van der Waals surface area contributed by atoms with Crippen LogP contribution >= 0.6 is 23.2 Å². The molecule has 2 aliphatic rings. The van der Waals surface area contributed by atoms with Crippen molar-refractivity contribution in [1.82, 2.24) is 4.90 Å². The quantitative estimate of drug-likeness (QED) is 0.209. The van der Waals surface area contributed by atoms with E-state index in [2.05, 4.69) is 21.9 Å². The van der Waals surface area contributed by atoms with Crippen LogP contribution in [0.2, 0.25) is 10.0 Å². The lowest BCUT2D eigenvalue weighted by Crippen LogP contribution is -2.46. The smallest absolute Gasteiger partial charge is 0.341 e. The van der Waals surface area contributed by atoms with Crippen molar-refractivity contribution in [2.24, 2.45) is 0 Å². The fourth-order valence-corrected chi connectivity index (χ4v) is 5.44. The van der Waals surface area contributed by atoms with Gasteiger partial charge in [0.2, 0.25) is 6.79 Å². The molecule has 2 aliphatic heterocycles. The van der Waals surface area contributed by atoms with Gasteiger partial charge in [-0.25, -0.2) is 4.79 Å². The second-order valence-corrected chi connectivity index (χ2v) is 10.7. The van der Waals surface area contributed by atoms with Gasteiger partial charge in [0.05, 0.1) is 12.1 Å². The first kappa shape index (κ1) is 27.3. The van der Waals surface area contributed by atoms with Crippen LogP contribution in [0.1, 0.15) is 15.9 Å². The lowest BCUT2D eigenvalue weighted by Gasteiger charge is -2.36. The minimum Gasteiger partial charge on any atom is -0.465 e. The molecule has 4 aromatic carbocycles. The summed E-state index contributed by atoms with van der Waals surface area (Å²) in [6.07, 6.45) is 0. The number of esters is 1. The van der Waals surface area contributed by atoms with E-state index >= 15 is 0 Å². The summed E-state index contributed by atoms with van der Waals surface area (Å²) in [7, 11) is 1.35. The third kappa shape index (κ3) is 5.93. The van der Waals surface area contributed by atoms with Gasteiger partial charge in [-0.2, -0.15) is 0 Å². The predicted molar refractivity (Wildman–Crippen MR) is 160 cm³/mol. The topological polar surface area (TPSA) is 60.5 Å². The fraction of sp³-hybridized carbons (Fsp3) is 0.219. The Morgan fingerprint density at radius 2 is 1.59 bits per heavy atom. The number of hydrogen-bond donors (Lipinski definition) is 0. The van der Waals surface area contributed by atoms with E-state index in [1.54, 1.807) is 18.2 Å². The third-order valence-corrected chi connectivity index (χ3v) is 7.88. The molecule has 0 aromatic heterocycles. The van der Waals surface area contributed by atoms with Gasteiger partial charge in [-0.05, 0) is 65.2 Å². The minimum atomic E-state index is -0.469. The van der Waals surface area contributed by atoms with E-state index in [1.165, 1.54) is 12.7 Å². The maximum absolute atomic E-state index is 12.5. The number of halogens is 2. The van der Waals surface area contributed by atoms with Crippen LogP contribution in [-0.2, 0) is 11.3 Å². The molecule has 1 fully saturated rings. The molecule has 0 bridgehead atoms. The van der Waals surface area contributed by atoms with Crippen LogP contribution in [0.5, 0.6) is 23.0 Å². The molecular weight excluding hydrogens is 563 g/mol. The molecule has 0 unspecified atom stereocenters. The largest absolute Gasteiger partial charge is 0.465 e. The highest BCUT2D eigenvalue weighted by atomic mass is 35.5. The Balaban J connectivity index is 1.19. The van der Waals surface area contributed by atoms with Gasteiger partial charge in [0.15, 0.2) is 11.5 Å². The number of benzene rings is 4. The summed E-state index contributed by atoms with van der Waals surface area (Å²) >= 11 is 12.5. The average Bonchev–Trinajstić information content (AvgIpc) is 3.46. The summed E-state index contributed by atoms with van der Waals surface area (Å²) in [4.78, 5) is 17.2. The van der Waals surface area contributed by atoms with Crippen molar-refractivity contribution in [2.75, 3.05) is 45.0 Å². The number of nitrogens with zero attached hydrogens (tertiary/aromatic N) is 2. The Labute approximate surface area is 248 Å². The van der Waals surface area contributed by atoms with Crippen LogP contribution in [0, 0.1) is 0 Å². The summed E-state index contributed by atoms with van der Waals surface area (Å²) in [6.45, 7) is 4.33. The van der Waals surface area contributed by atoms with E-state index in [0.29, 0.717) is 27.1 Å². The minimum absolute atomic E-state index is 0.231. The van der Waals surface area contributed by atoms with Crippen LogP contribution in [0.4, 0.5) is 5.69 Å². The van der Waals surface area contributed by atoms with Gasteiger partial charge in [0.1, 0.15) is 17.1 Å². The predicted octanol–water partition coefficient (Wildman–Crippen LogP) is 7.29. The van der Waals surface area contributed by atoms with E-state index in [-0.39, 0.29) is 6.79 Å². The van der Waals surface area contributed by atoms with Crippen molar-refractivity contribution in [3.05, 3.63) is 100 Å².